The number of nitrogens with two attached hydrogens (primary N) is 1. The van der Waals surface area contributed by atoms with Crippen molar-refractivity contribution in [2.45, 2.75) is 58.1 Å². The van der Waals surface area contributed by atoms with Crippen molar-refractivity contribution in [3.8, 4) is 0 Å². The van der Waals surface area contributed by atoms with Gasteiger partial charge in [0.15, 0.2) is 0 Å². The lowest BCUT2D eigenvalue weighted by Gasteiger charge is -2.37. The van der Waals surface area contributed by atoms with Gasteiger partial charge in [-0.2, -0.15) is 0 Å². The van der Waals surface area contributed by atoms with Gasteiger partial charge >= 0.3 is 0 Å². The van der Waals surface area contributed by atoms with E-state index in [0.717, 1.165) is 24.8 Å². The molecule has 1 aliphatic carbocycles. The maximum absolute atomic E-state index is 13.2. The SMILES string of the molecule is CC1CC(C)CC([C@@H](C[C@H](O)[C@H](Cc2ccccc2)NC(=O)c2cnc3ccccc3n2)C(N)=O)C1. The standard InChI is InChI=1S/C29H36N4O3/c1-18-12-19(2)14-21(13-18)22(28(30)35)16-27(34)25(15-20-8-4-3-5-9-20)33-29(36)26-17-31-23-10-6-7-11-24(23)32-26/h3-11,17-19,21-22,25,27,34H,12-16H2,1-2H3,(H2,30,35)(H,33,36)/t18?,19?,21?,22-,25+,27+/m1/s1. The van der Waals surface area contributed by atoms with Gasteiger partial charge in [0.1, 0.15) is 5.69 Å². The van der Waals surface area contributed by atoms with Crippen LogP contribution in [-0.2, 0) is 11.2 Å². The molecule has 1 saturated carbocycles. The van der Waals surface area contributed by atoms with E-state index >= 15 is 0 Å². The smallest absolute Gasteiger partial charge is 0.271 e. The minimum atomic E-state index is -0.951. The number of nitrogens with one attached hydrogen (secondary N) is 1. The quantitative estimate of drug-likeness (QED) is 0.422. The zero-order valence-corrected chi connectivity index (χ0v) is 21.0. The topological polar surface area (TPSA) is 118 Å². The summed E-state index contributed by atoms with van der Waals surface area (Å²) in [6.45, 7) is 4.42. The molecule has 0 bridgehead atoms. The monoisotopic (exact) mass is 488 g/mol. The number of nitrogens with zero attached hydrogens (tertiary/aromatic N) is 2. The molecular weight excluding hydrogens is 452 g/mol. The van der Waals surface area contributed by atoms with E-state index in [1.165, 1.54) is 6.20 Å². The molecule has 0 spiro atoms. The third-order valence-corrected chi connectivity index (χ3v) is 7.41. The first-order chi connectivity index (χ1) is 17.3. The number of para-hydroxylation sites is 2. The van der Waals surface area contributed by atoms with Gasteiger partial charge in [0, 0.05) is 5.92 Å². The Morgan fingerprint density at radius 2 is 1.64 bits per heavy atom. The number of aliphatic hydroxyl groups is 1. The van der Waals surface area contributed by atoms with Gasteiger partial charge in [-0.05, 0) is 67.6 Å². The zero-order chi connectivity index (χ0) is 25.7. The highest BCUT2D eigenvalue weighted by molar-refractivity contribution is 5.94. The minimum absolute atomic E-state index is 0.135. The van der Waals surface area contributed by atoms with Crippen LogP contribution in [0.4, 0.5) is 0 Å². The van der Waals surface area contributed by atoms with Crippen molar-refractivity contribution in [2.75, 3.05) is 0 Å². The normalized spacial score (nSPS) is 22.5. The van der Waals surface area contributed by atoms with Crippen LogP contribution in [0.3, 0.4) is 0 Å². The zero-order valence-electron chi connectivity index (χ0n) is 21.0. The van der Waals surface area contributed by atoms with Crippen molar-refractivity contribution in [3.63, 3.8) is 0 Å². The fourth-order valence-corrected chi connectivity index (χ4v) is 5.76. The highest BCUT2D eigenvalue weighted by atomic mass is 16.3. The van der Waals surface area contributed by atoms with Gasteiger partial charge in [0.05, 0.1) is 29.4 Å². The lowest BCUT2D eigenvalue weighted by atomic mass is 9.69. The van der Waals surface area contributed by atoms with Crippen LogP contribution in [0.5, 0.6) is 0 Å². The van der Waals surface area contributed by atoms with E-state index in [0.29, 0.717) is 29.3 Å². The van der Waals surface area contributed by atoms with Crippen molar-refractivity contribution >= 4 is 22.8 Å². The first-order valence-corrected chi connectivity index (χ1v) is 12.8. The molecule has 0 saturated heterocycles. The van der Waals surface area contributed by atoms with Gasteiger partial charge in [-0.1, -0.05) is 56.3 Å². The summed E-state index contributed by atoms with van der Waals surface area (Å²) in [5.41, 5.74) is 8.33. The number of primary amides is 1. The second kappa shape index (κ2) is 11.6. The van der Waals surface area contributed by atoms with E-state index in [4.69, 9.17) is 5.73 Å². The van der Waals surface area contributed by atoms with Crippen LogP contribution in [-0.4, -0.2) is 39.0 Å². The third-order valence-electron chi connectivity index (χ3n) is 7.41. The molecule has 0 radical (unpaired) electrons. The Bertz CT molecular complexity index is 1180. The van der Waals surface area contributed by atoms with Crippen molar-refractivity contribution in [3.05, 3.63) is 72.1 Å². The average Bonchev–Trinajstić information content (AvgIpc) is 2.86. The summed E-state index contributed by atoms with van der Waals surface area (Å²) in [6.07, 6.45) is 4.11. The fourth-order valence-electron chi connectivity index (χ4n) is 5.76. The molecule has 4 rings (SSSR count). The van der Waals surface area contributed by atoms with Crippen LogP contribution in [0.15, 0.2) is 60.8 Å². The minimum Gasteiger partial charge on any atom is -0.391 e. The molecule has 2 amide bonds. The van der Waals surface area contributed by atoms with Crippen LogP contribution < -0.4 is 11.1 Å². The third kappa shape index (κ3) is 6.46. The van der Waals surface area contributed by atoms with E-state index in [-0.39, 0.29) is 23.9 Å². The Morgan fingerprint density at radius 3 is 2.31 bits per heavy atom. The van der Waals surface area contributed by atoms with Crippen molar-refractivity contribution < 1.29 is 14.7 Å². The molecule has 5 atom stereocenters. The number of aromatic nitrogens is 2. The number of benzene rings is 2. The lowest BCUT2D eigenvalue weighted by Crippen LogP contribution is -2.47. The highest BCUT2D eigenvalue weighted by Gasteiger charge is 2.36. The highest BCUT2D eigenvalue weighted by Crippen LogP contribution is 2.38. The van der Waals surface area contributed by atoms with Gasteiger partial charge < -0.3 is 16.2 Å². The van der Waals surface area contributed by atoms with Crippen LogP contribution in [0.1, 0.15) is 55.6 Å². The van der Waals surface area contributed by atoms with Gasteiger partial charge in [0.25, 0.3) is 5.91 Å². The average molecular weight is 489 g/mol. The number of fused-ring (bicyclic) bond motifs is 1. The second-order valence-corrected chi connectivity index (χ2v) is 10.5. The maximum Gasteiger partial charge on any atom is 0.271 e. The second-order valence-electron chi connectivity index (χ2n) is 10.5. The molecule has 0 aliphatic heterocycles. The molecule has 7 nitrogen and oxygen atoms in total. The Labute approximate surface area is 212 Å². The van der Waals surface area contributed by atoms with Crippen molar-refractivity contribution in [2.24, 2.45) is 29.4 Å². The Hall–Kier alpha value is -3.32. The molecule has 2 unspecified atom stereocenters. The molecule has 3 aromatic rings. The van der Waals surface area contributed by atoms with Crippen LogP contribution in [0, 0.1) is 23.7 Å². The summed E-state index contributed by atoms with van der Waals surface area (Å²) in [4.78, 5) is 34.5. The van der Waals surface area contributed by atoms with Crippen LogP contribution in [0.2, 0.25) is 0 Å². The van der Waals surface area contributed by atoms with Crippen LogP contribution in [0.25, 0.3) is 11.0 Å². The van der Waals surface area contributed by atoms with E-state index in [9.17, 15) is 14.7 Å². The van der Waals surface area contributed by atoms with Gasteiger partial charge in [-0.3, -0.25) is 14.6 Å². The number of aliphatic hydroxyl groups excluding tert-OH is 1. The fraction of sp³-hybridized carbons (Fsp3) is 0.448. The number of hydrogen-bond donors (Lipinski definition) is 3. The summed E-state index contributed by atoms with van der Waals surface area (Å²) in [6, 6.07) is 16.4. The molecule has 1 aromatic heterocycles. The molecule has 36 heavy (non-hydrogen) atoms. The number of hydrogen-bond acceptors (Lipinski definition) is 5. The Balaban J connectivity index is 1.54. The number of carbonyl (C=O) groups excluding carboxylic acids is 2. The number of rotatable bonds is 9. The number of amides is 2. The number of carbonyl (C=O) groups is 2. The Morgan fingerprint density at radius 1 is 1.00 bits per heavy atom. The van der Waals surface area contributed by atoms with E-state index in [1.807, 2.05) is 48.5 Å². The van der Waals surface area contributed by atoms with Gasteiger partial charge in [-0.25, -0.2) is 4.98 Å². The molecule has 2 aromatic carbocycles. The van der Waals surface area contributed by atoms with E-state index in [1.54, 1.807) is 6.07 Å². The molecule has 1 aliphatic rings. The summed E-state index contributed by atoms with van der Waals surface area (Å²) >= 11 is 0. The molecular formula is C29H36N4O3. The molecule has 4 N–H and O–H groups in total. The molecule has 1 fully saturated rings. The molecule has 7 heteroatoms. The van der Waals surface area contributed by atoms with Crippen molar-refractivity contribution in [1.29, 1.82) is 0 Å². The molecule has 1 heterocycles. The van der Waals surface area contributed by atoms with E-state index < -0.39 is 24.0 Å². The largest absolute Gasteiger partial charge is 0.391 e. The van der Waals surface area contributed by atoms with E-state index in [2.05, 4.69) is 29.1 Å². The maximum atomic E-state index is 13.2. The Kier molecular flexibility index (Phi) is 8.31. The van der Waals surface area contributed by atoms with Gasteiger partial charge in [0.2, 0.25) is 5.91 Å². The predicted octanol–water partition coefficient (Wildman–Crippen LogP) is 3.90. The first kappa shape index (κ1) is 25.8. The first-order valence-electron chi connectivity index (χ1n) is 12.8. The predicted molar refractivity (Wildman–Crippen MR) is 140 cm³/mol. The van der Waals surface area contributed by atoms with Crippen molar-refractivity contribution in [1.82, 2.24) is 15.3 Å². The summed E-state index contributed by atoms with van der Waals surface area (Å²) in [5.74, 6) is -0.0708. The molecule has 190 valence electrons. The van der Waals surface area contributed by atoms with Crippen LogP contribution >= 0.6 is 0 Å². The summed E-state index contributed by atoms with van der Waals surface area (Å²) < 4.78 is 0. The summed E-state index contributed by atoms with van der Waals surface area (Å²) in [7, 11) is 0. The lowest BCUT2D eigenvalue weighted by molar-refractivity contribution is -0.125. The summed E-state index contributed by atoms with van der Waals surface area (Å²) in [5, 5.41) is 14.3. The van der Waals surface area contributed by atoms with Gasteiger partial charge in [-0.15, -0.1) is 0 Å².